The number of H-pyrrole nitrogens is 1. The van der Waals surface area contributed by atoms with E-state index in [0.29, 0.717) is 4.57 Å². The van der Waals surface area contributed by atoms with Gasteiger partial charge < -0.3 is 5.11 Å². The molecule has 2 aromatic rings. The first-order chi connectivity index (χ1) is 8.43. The predicted octanol–water partition coefficient (Wildman–Crippen LogP) is 0.818. The van der Waals surface area contributed by atoms with E-state index in [1.165, 1.54) is 25.1 Å². The van der Waals surface area contributed by atoms with Crippen LogP contribution in [-0.2, 0) is 0 Å². The number of benzene rings is 1. The molecule has 0 aliphatic carbocycles. The molecular weight excluding hydrogens is 246 g/mol. The number of rotatable bonds is 1. The Hall–Kier alpha value is -2.44. The summed E-state index contributed by atoms with van der Waals surface area (Å²) in [6, 6.07) is 4.06. The van der Waals surface area contributed by atoms with E-state index in [-0.39, 0.29) is 11.3 Å². The van der Waals surface area contributed by atoms with Crippen LogP contribution in [0.4, 0.5) is 8.78 Å². The van der Waals surface area contributed by atoms with Crippen molar-refractivity contribution >= 4 is 0 Å². The van der Waals surface area contributed by atoms with E-state index >= 15 is 0 Å². The Morgan fingerprint density at radius 3 is 2.56 bits per heavy atom. The van der Waals surface area contributed by atoms with Crippen LogP contribution in [0.5, 0.6) is 5.88 Å². The number of aryl methyl sites for hydroxylation is 1. The zero-order valence-corrected chi connectivity index (χ0v) is 9.20. The average Bonchev–Trinajstić information content (AvgIpc) is 2.32. The first-order valence-electron chi connectivity index (χ1n) is 4.92. The molecule has 1 heterocycles. The zero-order valence-electron chi connectivity index (χ0n) is 9.20. The van der Waals surface area contributed by atoms with Gasteiger partial charge in [-0.25, -0.2) is 13.8 Å². The van der Waals surface area contributed by atoms with Gasteiger partial charge in [-0.15, -0.1) is 0 Å². The maximum atomic E-state index is 13.8. The lowest BCUT2D eigenvalue weighted by atomic mass is 10.2. The SMILES string of the molecule is Cc1cccc(-n2c(O)c(F)c(=O)[nH]c2=O)c1F. The van der Waals surface area contributed by atoms with E-state index in [0.717, 1.165) is 0 Å². The fourth-order valence-corrected chi connectivity index (χ4v) is 1.53. The predicted molar refractivity (Wildman–Crippen MR) is 59.0 cm³/mol. The molecule has 2 rings (SSSR count). The molecule has 7 heteroatoms. The Morgan fingerprint density at radius 1 is 1.22 bits per heavy atom. The van der Waals surface area contributed by atoms with E-state index in [1.807, 2.05) is 0 Å². The molecule has 2 N–H and O–H groups in total. The number of aromatic nitrogens is 2. The van der Waals surface area contributed by atoms with Gasteiger partial charge in [0.25, 0.3) is 5.56 Å². The number of halogens is 2. The third kappa shape index (κ3) is 1.69. The average molecular weight is 254 g/mol. The minimum atomic E-state index is -1.55. The topological polar surface area (TPSA) is 75.1 Å². The van der Waals surface area contributed by atoms with Crippen molar-refractivity contribution in [1.29, 1.82) is 0 Å². The lowest BCUT2D eigenvalue weighted by molar-refractivity contribution is 0.383. The van der Waals surface area contributed by atoms with E-state index in [9.17, 15) is 23.5 Å². The molecule has 0 saturated carbocycles. The Morgan fingerprint density at radius 2 is 1.89 bits per heavy atom. The fourth-order valence-electron chi connectivity index (χ4n) is 1.53. The highest BCUT2D eigenvalue weighted by atomic mass is 19.1. The van der Waals surface area contributed by atoms with Gasteiger partial charge in [0.15, 0.2) is 0 Å². The maximum Gasteiger partial charge on any atom is 0.336 e. The summed E-state index contributed by atoms with van der Waals surface area (Å²) in [6.45, 7) is 1.45. The minimum Gasteiger partial charge on any atom is -0.492 e. The van der Waals surface area contributed by atoms with Crippen LogP contribution in [0.2, 0.25) is 0 Å². The van der Waals surface area contributed by atoms with Gasteiger partial charge in [-0.1, -0.05) is 12.1 Å². The van der Waals surface area contributed by atoms with E-state index < -0.39 is 28.8 Å². The summed E-state index contributed by atoms with van der Waals surface area (Å²) in [5.41, 5.74) is -2.61. The van der Waals surface area contributed by atoms with Gasteiger partial charge in [0.2, 0.25) is 11.7 Å². The first-order valence-corrected chi connectivity index (χ1v) is 4.92. The number of aromatic hydroxyl groups is 1. The summed E-state index contributed by atoms with van der Waals surface area (Å²) >= 11 is 0. The Kier molecular flexibility index (Phi) is 2.74. The van der Waals surface area contributed by atoms with Gasteiger partial charge in [0, 0.05) is 0 Å². The van der Waals surface area contributed by atoms with E-state index in [1.54, 1.807) is 4.98 Å². The summed E-state index contributed by atoms with van der Waals surface area (Å²) in [5.74, 6) is -3.56. The molecule has 0 radical (unpaired) electrons. The van der Waals surface area contributed by atoms with Crippen LogP contribution in [-0.4, -0.2) is 14.7 Å². The monoisotopic (exact) mass is 254 g/mol. The van der Waals surface area contributed by atoms with Crippen LogP contribution < -0.4 is 11.2 Å². The highest BCUT2D eigenvalue weighted by Gasteiger charge is 2.18. The highest BCUT2D eigenvalue weighted by Crippen LogP contribution is 2.19. The smallest absolute Gasteiger partial charge is 0.336 e. The lowest BCUT2D eigenvalue weighted by Gasteiger charge is -2.10. The van der Waals surface area contributed by atoms with Crippen LogP contribution in [0.1, 0.15) is 5.56 Å². The molecule has 1 aromatic heterocycles. The second-order valence-corrected chi connectivity index (χ2v) is 3.64. The molecule has 18 heavy (non-hydrogen) atoms. The van der Waals surface area contributed by atoms with E-state index in [2.05, 4.69) is 0 Å². The van der Waals surface area contributed by atoms with Crippen LogP contribution in [0.15, 0.2) is 27.8 Å². The molecule has 0 atom stereocenters. The highest BCUT2D eigenvalue weighted by molar-refractivity contribution is 5.40. The van der Waals surface area contributed by atoms with Crippen molar-refractivity contribution in [3.8, 4) is 11.6 Å². The molecule has 0 unspecified atom stereocenters. The molecule has 0 bridgehead atoms. The number of hydrogen-bond acceptors (Lipinski definition) is 3. The van der Waals surface area contributed by atoms with Crippen LogP contribution in [0.25, 0.3) is 5.69 Å². The number of nitrogens with one attached hydrogen (secondary N) is 1. The van der Waals surface area contributed by atoms with Crippen LogP contribution in [0.3, 0.4) is 0 Å². The minimum absolute atomic E-state index is 0.213. The molecule has 0 amide bonds. The van der Waals surface area contributed by atoms with Crippen molar-refractivity contribution in [1.82, 2.24) is 9.55 Å². The number of hydrogen-bond donors (Lipinski definition) is 2. The van der Waals surface area contributed by atoms with Crippen LogP contribution in [0, 0.1) is 18.6 Å². The molecular formula is C11H8F2N2O3. The van der Waals surface area contributed by atoms with Crippen molar-refractivity contribution in [2.75, 3.05) is 0 Å². The van der Waals surface area contributed by atoms with Gasteiger partial charge in [-0.2, -0.15) is 4.39 Å². The Bertz CT molecular complexity index is 734. The molecule has 0 saturated heterocycles. The lowest BCUT2D eigenvalue weighted by Crippen LogP contribution is -2.31. The van der Waals surface area contributed by atoms with Crippen molar-refractivity contribution in [3.63, 3.8) is 0 Å². The Labute approximate surface area is 99.0 Å². The van der Waals surface area contributed by atoms with Crippen molar-refractivity contribution in [3.05, 3.63) is 56.2 Å². The first kappa shape index (κ1) is 12.0. The molecule has 0 aliphatic rings. The fraction of sp³-hybridized carbons (Fsp3) is 0.0909. The van der Waals surface area contributed by atoms with Crippen molar-refractivity contribution in [2.24, 2.45) is 0 Å². The number of aromatic amines is 1. The molecule has 0 aliphatic heterocycles. The molecule has 5 nitrogen and oxygen atoms in total. The second kappa shape index (κ2) is 4.10. The molecule has 94 valence electrons. The van der Waals surface area contributed by atoms with Crippen molar-refractivity contribution < 1.29 is 13.9 Å². The zero-order chi connectivity index (χ0) is 13.4. The Balaban J connectivity index is 2.88. The summed E-state index contributed by atoms with van der Waals surface area (Å²) < 4.78 is 27.4. The molecule has 1 aromatic carbocycles. The van der Waals surface area contributed by atoms with E-state index in [4.69, 9.17) is 0 Å². The summed E-state index contributed by atoms with van der Waals surface area (Å²) in [7, 11) is 0. The van der Waals surface area contributed by atoms with Gasteiger partial charge in [0.1, 0.15) is 5.82 Å². The normalized spacial score (nSPS) is 10.6. The van der Waals surface area contributed by atoms with Crippen LogP contribution >= 0.6 is 0 Å². The second-order valence-electron chi connectivity index (χ2n) is 3.64. The maximum absolute atomic E-state index is 13.8. The van der Waals surface area contributed by atoms with Gasteiger partial charge in [-0.3, -0.25) is 9.78 Å². The van der Waals surface area contributed by atoms with Crippen molar-refractivity contribution in [2.45, 2.75) is 6.92 Å². The summed E-state index contributed by atoms with van der Waals surface area (Å²) in [5, 5.41) is 9.43. The largest absolute Gasteiger partial charge is 0.492 e. The standard InChI is InChI=1S/C11H8F2N2O3/c1-5-3-2-4-6(7(5)12)15-10(17)8(13)9(16)14-11(15)18/h2-4,17H,1H3,(H,14,16,18). The van der Waals surface area contributed by atoms with Gasteiger partial charge in [0.05, 0.1) is 5.69 Å². The van der Waals surface area contributed by atoms with Gasteiger partial charge >= 0.3 is 5.69 Å². The summed E-state index contributed by atoms with van der Waals surface area (Å²) in [6.07, 6.45) is 0. The molecule has 0 fully saturated rings. The number of nitrogens with zero attached hydrogens (tertiary/aromatic N) is 1. The third-order valence-electron chi connectivity index (χ3n) is 2.44. The third-order valence-corrected chi connectivity index (χ3v) is 2.44. The van der Waals surface area contributed by atoms with Gasteiger partial charge in [-0.05, 0) is 18.6 Å². The molecule has 0 spiro atoms. The quantitative estimate of drug-likeness (QED) is 0.791. The summed E-state index contributed by atoms with van der Waals surface area (Å²) in [4.78, 5) is 24.0.